The Morgan fingerprint density at radius 1 is 1.06 bits per heavy atom. The first-order valence-corrected chi connectivity index (χ1v) is 8.34. The fourth-order valence-electron chi connectivity index (χ4n) is 2.25. The summed E-state index contributed by atoms with van der Waals surface area (Å²) in [7, 11) is -2.28. The van der Waals surface area contributed by atoms with Crippen LogP contribution >= 0.6 is 7.14 Å². The average Bonchev–Trinajstić information content (AvgIpc) is 2.18. The van der Waals surface area contributed by atoms with Gasteiger partial charge < -0.3 is 4.57 Å². The summed E-state index contributed by atoms with van der Waals surface area (Å²) < 4.78 is 12.4. The van der Waals surface area contributed by atoms with Crippen molar-refractivity contribution in [3.8, 4) is 0 Å². The second-order valence-corrected chi connectivity index (χ2v) is 8.19. The van der Waals surface area contributed by atoms with Crippen LogP contribution in [-0.2, 0) is 4.57 Å². The highest BCUT2D eigenvalue weighted by Crippen LogP contribution is 2.39. The zero-order valence-electron chi connectivity index (χ0n) is 11.0. The Morgan fingerprint density at radius 2 is 1.71 bits per heavy atom. The summed E-state index contributed by atoms with van der Waals surface area (Å²) in [6, 6.07) is 6.13. The second-order valence-electron chi connectivity index (χ2n) is 5.04. The third-order valence-electron chi connectivity index (χ3n) is 3.15. The predicted molar refractivity (Wildman–Crippen MR) is 75.0 cm³/mol. The highest BCUT2D eigenvalue weighted by atomic mass is 31.2. The van der Waals surface area contributed by atoms with Crippen molar-refractivity contribution in [1.82, 2.24) is 4.98 Å². The highest BCUT2D eigenvalue weighted by Gasteiger charge is 2.18. The first kappa shape index (κ1) is 12.3. The normalized spacial score (nSPS) is 12.1. The maximum atomic E-state index is 12.4. The number of nitrogens with zero attached hydrogens (tertiary/aromatic N) is 1. The van der Waals surface area contributed by atoms with E-state index in [1.54, 1.807) is 0 Å². The molecule has 0 fully saturated rings. The van der Waals surface area contributed by atoms with E-state index < -0.39 is 7.14 Å². The molecule has 2 rings (SSSR count). The minimum absolute atomic E-state index is 0.942. The molecule has 2 nitrogen and oxygen atoms in total. The lowest BCUT2D eigenvalue weighted by Gasteiger charge is -2.15. The van der Waals surface area contributed by atoms with Gasteiger partial charge in [0, 0.05) is 16.4 Å². The fourth-order valence-corrected chi connectivity index (χ4v) is 3.93. The Morgan fingerprint density at radius 3 is 2.29 bits per heavy atom. The Labute approximate surface area is 102 Å². The Hall–Kier alpha value is -1.14. The molecule has 0 unspecified atom stereocenters. The summed E-state index contributed by atoms with van der Waals surface area (Å²) in [6.45, 7) is 9.72. The third-order valence-corrected chi connectivity index (χ3v) is 4.82. The quantitative estimate of drug-likeness (QED) is 0.723. The van der Waals surface area contributed by atoms with Crippen molar-refractivity contribution in [3.05, 3.63) is 35.0 Å². The van der Waals surface area contributed by atoms with Gasteiger partial charge in [-0.1, -0.05) is 6.07 Å². The van der Waals surface area contributed by atoms with E-state index in [2.05, 4.69) is 11.1 Å². The van der Waals surface area contributed by atoms with Gasteiger partial charge in [0.15, 0.2) is 0 Å². The molecular formula is C14H18NOP. The van der Waals surface area contributed by atoms with Gasteiger partial charge in [0.2, 0.25) is 0 Å². The van der Waals surface area contributed by atoms with Gasteiger partial charge in [-0.15, -0.1) is 0 Å². The van der Waals surface area contributed by atoms with Gasteiger partial charge >= 0.3 is 0 Å². The van der Waals surface area contributed by atoms with E-state index in [0.29, 0.717) is 0 Å². The molecule has 17 heavy (non-hydrogen) atoms. The number of rotatable bonds is 1. The molecule has 0 N–H and O–H groups in total. The van der Waals surface area contributed by atoms with Crippen LogP contribution in [0.3, 0.4) is 0 Å². The lowest BCUT2D eigenvalue weighted by molar-refractivity contribution is 0.588. The molecule has 0 aliphatic carbocycles. The summed E-state index contributed by atoms with van der Waals surface area (Å²) >= 11 is 0. The van der Waals surface area contributed by atoms with Gasteiger partial charge in [-0.25, -0.2) is 0 Å². The molecule has 0 aliphatic heterocycles. The van der Waals surface area contributed by atoms with Crippen molar-refractivity contribution in [2.45, 2.75) is 20.8 Å². The molecule has 0 spiro atoms. The van der Waals surface area contributed by atoms with E-state index in [-0.39, 0.29) is 0 Å². The smallest absolute Gasteiger partial charge is 0.110 e. The topological polar surface area (TPSA) is 30.0 Å². The molecule has 90 valence electrons. The minimum Gasteiger partial charge on any atom is -0.319 e. The molecule has 0 saturated heterocycles. The number of hydrogen-bond donors (Lipinski definition) is 0. The first-order valence-electron chi connectivity index (χ1n) is 5.74. The number of fused-ring (bicyclic) bond motifs is 1. The van der Waals surface area contributed by atoms with Crippen LogP contribution in [0.15, 0.2) is 18.2 Å². The summed E-state index contributed by atoms with van der Waals surface area (Å²) in [5.74, 6) is 0. The molecule has 1 heterocycles. The van der Waals surface area contributed by atoms with E-state index in [1.807, 2.05) is 46.2 Å². The number of aromatic nitrogens is 1. The van der Waals surface area contributed by atoms with Crippen LogP contribution in [0.4, 0.5) is 0 Å². The van der Waals surface area contributed by atoms with Gasteiger partial charge in [0.05, 0.1) is 5.52 Å². The largest absolute Gasteiger partial charge is 0.319 e. The first-order chi connectivity index (χ1) is 7.80. The second kappa shape index (κ2) is 3.96. The molecular weight excluding hydrogens is 229 g/mol. The Bertz CT molecular complexity index is 640. The third kappa shape index (κ3) is 2.14. The molecule has 0 aliphatic rings. The maximum absolute atomic E-state index is 12.4. The summed E-state index contributed by atoms with van der Waals surface area (Å²) in [5, 5.41) is 2.02. The number of pyridine rings is 1. The van der Waals surface area contributed by atoms with Crippen molar-refractivity contribution in [3.63, 3.8) is 0 Å². The molecule has 3 heteroatoms. The van der Waals surface area contributed by atoms with E-state index in [9.17, 15) is 4.57 Å². The van der Waals surface area contributed by atoms with Gasteiger partial charge in [0.25, 0.3) is 0 Å². The van der Waals surface area contributed by atoms with Crippen LogP contribution in [0.25, 0.3) is 10.9 Å². The predicted octanol–water partition coefficient (Wildman–Crippen LogP) is 3.41. The zero-order chi connectivity index (χ0) is 12.8. The van der Waals surface area contributed by atoms with Gasteiger partial charge in [0.1, 0.15) is 7.14 Å². The van der Waals surface area contributed by atoms with Crippen molar-refractivity contribution in [1.29, 1.82) is 0 Å². The van der Waals surface area contributed by atoms with Gasteiger partial charge in [-0.3, -0.25) is 4.98 Å². The fraction of sp³-hybridized carbons (Fsp3) is 0.357. The molecule has 1 aromatic carbocycles. The van der Waals surface area contributed by atoms with Crippen LogP contribution in [0.2, 0.25) is 0 Å². The van der Waals surface area contributed by atoms with E-state index in [1.165, 1.54) is 0 Å². The number of hydrogen-bond acceptors (Lipinski definition) is 2. The molecule has 0 saturated carbocycles. The molecule has 0 amide bonds. The summed E-state index contributed by atoms with van der Waals surface area (Å²) in [6.07, 6.45) is 0. The Kier molecular flexibility index (Phi) is 2.87. The standard InChI is InChI=1S/C14H18NOP/c1-9-6-7-13-12(14(9)17(4,5)16)8-10(2)11(3)15-13/h6-8H,1-5H3. The Balaban J connectivity index is 2.95. The van der Waals surface area contributed by atoms with Crippen molar-refractivity contribution in [2.24, 2.45) is 0 Å². The van der Waals surface area contributed by atoms with Crippen LogP contribution in [0.5, 0.6) is 0 Å². The molecule has 0 atom stereocenters. The maximum Gasteiger partial charge on any atom is 0.110 e. The van der Waals surface area contributed by atoms with E-state index in [4.69, 9.17) is 0 Å². The van der Waals surface area contributed by atoms with Gasteiger partial charge in [-0.2, -0.15) is 0 Å². The molecule has 1 aromatic heterocycles. The van der Waals surface area contributed by atoms with E-state index in [0.717, 1.165) is 33.0 Å². The highest BCUT2D eigenvalue weighted by molar-refractivity contribution is 7.70. The summed E-state index contributed by atoms with van der Waals surface area (Å²) in [4.78, 5) is 4.57. The van der Waals surface area contributed by atoms with Crippen LogP contribution in [0.1, 0.15) is 16.8 Å². The van der Waals surface area contributed by atoms with E-state index >= 15 is 0 Å². The van der Waals surface area contributed by atoms with Crippen molar-refractivity contribution < 1.29 is 4.57 Å². The number of aryl methyl sites for hydroxylation is 3. The zero-order valence-corrected chi connectivity index (χ0v) is 11.9. The van der Waals surface area contributed by atoms with Gasteiger partial charge in [-0.05, 0) is 57.4 Å². The van der Waals surface area contributed by atoms with Crippen LogP contribution in [-0.4, -0.2) is 18.3 Å². The molecule has 0 bridgehead atoms. The lowest BCUT2D eigenvalue weighted by atomic mass is 10.1. The van der Waals surface area contributed by atoms with Crippen molar-refractivity contribution in [2.75, 3.05) is 13.3 Å². The average molecular weight is 247 g/mol. The lowest BCUT2D eigenvalue weighted by Crippen LogP contribution is -2.10. The minimum atomic E-state index is -2.28. The van der Waals surface area contributed by atoms with Crippen LogP contribution < -0.4 is 5.30 Å². The molecule has 2 aromatic rings. The molecule has 0 radical (unpaired) electrons. The SMILES string of the molecule is Cc1cc2c(P(C)(C)=O)c(C)ccc2nc1C. The number of benzene rings is 1. The van der Waals surface area contributed by atoms with Crippen molar-refractivity contribution >= 4 is 23.3 Å². The van der Waals surface area contributed by atoms with Crippen LogP contribution in [0, 0.1) is 20.8 Å². The summed E-state index contributed by atoms with van der Waals surface area (Å²) in [5.41, 5.74) is 4.22. The monoisotopic (exact) mass is 247 g/mol.